The highest BCUT2D eigenvalue weighted by Crippen LogP contribution is 2.19. The van der Waals surface area contributed by atoms with E-state index in [0.29, 0.717) is 6.54 Å². The Morgan fingerprint density at radius 1 is 1.47 bits per heavy atom. The number of para-hydroxylation sites is 2. The zero-order valence-corrected chi connectivity index (χ0v) is 8.94. The van der Waals surface area contributed by atoms with Crippen LogP contribution in [0.2, 0.25) is 0 Å². The van der Waals surface area contributed by atoms with Gasteiger partial charge in [0.2, 0.25) is 5.95 Å². The fourth-order valence-corrected chi connectivity index (χ4v) is 1.72. The molecular formula is C11H15N3O. The average Bonchev–Trinajstić information content (AvgIpc) is 2.56. The SMILES string of the molecule is CNc1nc2ccccc2n1C[C@@H](C)O. The minimum Gasteiger partial charge on any atom is -0.392 e. The normalized spacial score (nSPS) is 13.0. The van der Waals surface area contributed by atoms with E-state index in [1.807, 2.05) is 35.9 Å². The van der Waals surface area contributed by atoms with Gasteiger partial charge in [-0.3, -0.25) is 0 Å². The lowest BCUT2D eigenvalue weighted by Crippen LogP contribution is -2.13. The first-order chi connectivity index (χ1) is 7.22. The van der Waals surface area contributed by atoms with Crippen molar-refractivity contribution in [2.75, 3.05) is 12.4 Å². The predicted molar refractivity (Wildman–Crippen MR) is 61.0 cm³/mol. The number of hydrogen-bond acceptors (Lipinski definition) is 3. The summed E-state index contributed by atoms with van der Waals surface area (Å²) < 4.78 is 1.99. The quantitative estimate of drug-likeness (QED) is 0.797. The van der Waals surface area contributed by atoms with Gasteiger partial charge in [0.1, 0.15) is 0 Å². The highest BCUT2D eigenvalue weighted by Gasteiger charge is 2.10. The zero-order chi connectivity index (χ0) is 10.8. The predicted octanol–water partition coefficient (Wildman–Crippen LogP) is 1.46. The number of aromatic nitrogens is 2. The first kappa shape index (κ1) is 9.98. The van der Waals surface area contributed by atoms with E-state index in [1.54, 1.807) is 6.92 Å². The molecule has 0 radical (unpaired) electrons. The lowest BCUT2D eigenvalue weighted by atomic mass is 10.3. The number of rotatable bonds is 3. The molecule has 80 valence electrons. The highest BCUT2D eigenvalue weighted by molar-refractivity contribution is 5.78. The van der Waals surface area contributed by atoms with Gasteiger partial charge in [-0.25, -0.2) is 4.98 Å². The Bertz CT molecular complexity index is 462. The molecule has 0 fully saturated rings. The van der Waals surface area contributed by atoms with E-state index in [2.05, 4.69) is 10.3 Å². The molecule has 15 heavy (non-hydrogen) atoms. The van der Waals surface area contributed by atoms with Crippen molar-refractivity contribution in [3.63, 3.8) is 0 Å². The van der Waals surface area contributed by atoms with E-state index in [0.717, 1.165) is 17.0 Å². The molecule has 1 aromatic carbocycles. The molecule has 4 nitrogen and oxygen atoms in total. The summed E-state index contributed by atoms with van der Waals surface area (Å²) in [4.78, 5) is 4.42. The molecule has 0 aliphatic rings. The van der Waals surface area contributed by atoms with Crippen molar-refractivity contribution in [3.8, 4) is 0 Å². The van der Waals surface area contributed by atoms with Gasteiger partial charge in [-0.15, -0.1) is 0 Å². The second-order valence-electron chi connectivity index (χ2n) is 3.63. The van der Waals surface area contributed by atoms with E-state index >= 15 is 0 Å². The standard InChI is InChI=1S/C11H15N3O/c1-8(15)7-14-10-6-4-3-5-9(10)13-11(14)12-2/h3-6,8,15H,7H2,1-2H3,(H,12,13)/t8-/m1/s1. The monoisotopic (exact) mass is 205 g/mol. The van der Waals surface area contributed by atoms with Crippen LogP contribution in [0.1, 0.15) is 6.92 Å². The second-order valence-corrected chi connectivity index (χ2v) is 3.63. The Balaban J connectivity index is 2.56. The molecular weight excluding hydrogens is 190 g/mol. The number of imidazole rings is 1. The van der Waals surface area contributed by atoms with Crippen LogP contribution >= 0.6 is 0 Å². The van der Waals surface area contributed by atoms with E-state index in [1.165, 1.54) is 0 Å². The number of aliphatic hydroxyl groups is 1. The van der Waals surface area contributed by atoms with E-state index in [-0.39, 0.29) is 6.10 Å². The summed E-state index contributed by atoms with van der Waals surface area (Å²) >= 11 is 0. The maximum atomic E-state index is 9.43. The summed E-state index contributed by atoms with van der Waals surface area (Å²) in [7, 11) is 1.83. The maximum Gasteiger partial charge on any atom is 0.203 e. The van der Waals surface area contributed by atoms with Gasteiger partial charge in [0, 0.05) is 7.05 Å². The Hall–Kier alpha value is -1.55. The first-order valence-corrected chi connectivity index (χ1v) is 5.03. The molecule has 0 saturated carbocycles. The van der Waals surface area contributed by atoms with Crippen LogP contribution in [-0.4, -0.2) is 27.8 Å². The van der Waals surface area contributed by atoms with Crippen LogP contribution in [-0.2, 0) is 6.54 Å². The van der Waals surface area contributed by atoms with Gasteiger partial charge in [-0.05, 0) is 19.1 Å². The van der Waals surface area contributed by atoms with Crippen molar-refractivity contribution < 1.29 is 5.11 Å². The summed E-state index contributed by atoms with van der Waals surface area (Å²) in [5.74, 6) is 0.789. The summed E-state index contributed by atoms with van der Waals surface area (Å²) in [5, 5.41) is 12.5. The number of anilines is 1. The molecule has 2 aromatic rings. The van der Waals surface area contributed by atoms with Gasteiger partial charge >= 0.3 is 0 Å². The molecule has 2 rings (SSSR count). The Kier molecular flexibility index (Phi) is 2.60. The number of fused-ring (bicyclic) bond motifs is 1. The van der Waals surface area contributed by atoms with Gasteiger partial charge in [0.25, 0.3) is 0 Å². The van der Waals surface area contributed by atoms with E-state index < -0.39 is 0 Å². The third kappa shape index (κ3) is 1.80. The molecule has 1 atom stereocenters. The van der Waals surface area contributed by atoms with Crippen LogP contribution in [0.3, 0.4) is 0 Å². The summed E-state index contributed by atoms with van der Waals surface area (Å²) in [6.45, 7) is 2.32. The molecule has 0 aliphatic carbocycles. The topological polar surface area (TPSA) is 50.1 Å². The molecule has 0 saturated heterocycles. The highest BCUT2D eigenvalue weighted by atomic mass is 16.3. The van der Waals surface area contributed by atoms with Crippen molar-refractivity contribution in [2.24, 2.45) is 0 Å². The van der Waals surface area contributed by atoms with Gasteiger partial charge in [-0.1, -0.05) is 12.1 Å². The fraction of sp³-hybridized carbons (Fsp3) is 0.364. The number of aliphatic hydroxyl groups excluding tert-OH is 1. The maximum absolute atomic E-state index is 9.43. The van der Waals surface area contributed by atoms with Crippen LogP contribution in [0.25, 0.3) is 11.0 Å². The second kappa shape index (κ2) is 3.90. The molecule has 0 aliphatic heterocycles. The Labute approximate surface area is 88.6 Å². The van der Waals surface area contributed by atoms with Gasteiger partial charge in [0.15, 0.2) is 0 Å². The van der Waals surface area contributed by atoms with Crippen LogP contribution in [0.15, 0.2) is 24.3 Å². The molecule has 4 heteroatoms. The van der Waals surface area contributed by atoms with Gasteiger partial charge in [0.05, 0.1) is 23.7 Å². The number of nitrogens with zero attached hydrogens (tertiary/aromatic N) is 2. The van der Waals surface area contributed by atoms with E-state index in [9.17, 15) is 5.11 Å². The van der Waals surface area contributed by atoms with Crippen molar-refractivity contribution in [2.45, 2.75) is 19.6 Å². The Morgan fingerprint density at radius 2 is 2.20 bits per heavy atom. The molecule has 0 amide bonds. The van der Waals surface area contributed by atoms with Crippen molar-refractivity contribution in [1.82, 2.24) is 9.55 Å². The lowest BCUT2D eigenvalue weighted by Gasteiger charge is -2.10. The number of nitrogens with one attached hydrogen (secondary N) is 1. The smallest absolute Gasteiger partial charge is 0.203 e. The third-order valence-corrected chi connectivity index (χ3v) is 2.32. The van der Waals surface area contributed by atoms with Crippen molar-refractivity contribution in [1.29, 1.82) is 0 Å². The molecule has 0 spiro atoms. The Morgan fingerprint density at radius 3 is 2.87 bits per heavy atom. The minimum atomic E-state index is -0.380. The fourth-order valence-electron chi connectivity index (χ4n) is 1.72. The van der Waals surface area contributed by atoms with Crippen molar-refractivity contribution >= 4 is 17.0 Å². The molecule has 2 N–H and O–H groups in total. The largest absolute Gasteiger partial charge is 0.392 e. The summed E-state index contributed by atoms with van der Waals surface area (Å²) in [5.41, 5.74) is 1.99. The number of benzene rings is 1. The molecule has 1 heterocycles. The number of hydrogen-bond donors (Lipinski definition) is 2. The average molecular weight is 205 g/mol. The third-order valence-electron chi connectivity index (χ3n) is 2.32. The van der Waals surface area contributed by atoms with Crippen LogP contribution in [0.5, 0.6) is 0 Å². The van der Waals surface area contributed by atoms with Crippen LogP contribution < -0.4 is 5.32 Å². The zero-order valence-electron chi connectivity index (χ0n) is 8.94. The van der Waals surface area contributed by atoms with Crippen LogP contribution in [0.4, 0.5) is 5.95 Å². The van der Waals surface area contributed by atoms with Crippen LogP contribution in [0, 0.1) is 0 Å². The summed E-state index contributed by atoms with van der Waals surface area (Å²) in [6, 6.07) is 7.91. The minimum absolute atomic E-state index is 0.380. The molecule has 0 unspecified atom stereocenters. The van der Waals surface area contributed by atoms with Crippen molar-refractivity contribution in [3.05, 3.63) is 24.3 Å². The molecule has 1 aromatic heterocycles. The van der Waals surface area contributed by atoms with Gasteiger partial charge < -0.3 is 15.0 Å². The van der Waals surface area contributed by atoms with E-state index in [4.69, 9.17) is 0 Å². The summed E-state index contributed by atoms with van der Waals surface area (Å²) in [6.07, 6.45) is -0.380. The first-order valence-electron chi connectivity index (χ1n) is 5.03. The van der Waals surface area contributed by atoms with Gasteiger partial charge in [-0.2, -0.15) is 0 Å². The molecule has 0 bridgehead atoms. The lowest BCUT2D eigenvalue weighted by molar-refractivity contribution is 0.175.